The third kappa shape index (κ3) is 4.18. The fraction of sp³-hybridized carbons (Fsp3) is 0. The smallest absolute Gasteiger partial charge is 0.227 e. The molecule has 0 amide bonds. The van der Waals surface area contributed by atoms with Crippen LogP contribution in [0, 0.1) is 0 Å². The molecular weight excluding hydrogens is 609 g/mol. The van der Waals surface area contributed by atoms with Gasteiger partial charge < -0.3 is 13.7 Å². The summed E-state index contributed by atoms with van der Waals surface area (Å²) in [6, 6.07) is 54.8. The van der Waals surface area contributed by atoms with Crippen molar-refractivity contribution in [3.8, 4) is 22.6 Å². The summed E-state index contributed by atoms with van der Waals surface area (Å²) in [5, 5.41) is 4.61. The Balaban J connectivity index is 1.22. The summed E-state index contributed by atoms with van der Waals surface area (Å²) in [6.07, 6.45) is 0. The molecule has 0 saturated heterocycles. The first-order valence-electron chi connectivity index (χ1n) is 16.0. The van der Waals surface area contributed by atoms with Crippen LogP contribution in [0.15, 0.2) is 167 Å². The lowest BCUT2D eigenvalue weighted by Gasteiger charge is -2.26. The number of rotatable bonds is 5. The van der Waals surface area contributed by atoms with E-state index in [4.69, 9.17) is 13.8 Å². The van der Waals surface area contributed by atoms with Crippen molar-refractivity contribution in [2.24, 2.45) is 0 Å². The highest BCUT2D eigenvalue weighted by Gasteiger charge is 2.26. The average molecular weight is 635 g/mol. The van der Waals surface area contributed by atoms with Crippen LogP contribution in [0.5, 0.6) is 0 Å². The predicted octanol–water partition coefficient (Wildman–Crippen LogP) is 12.9. The fourth-order valence-corrected chi connectivity index (χ4v) is 8.15. The van der Waals surface area contributed by atoms with Gasteiger partial charge in [0.2, 0.25) is 5.89 Å². The molecule has 4 nitrogen and oxygen atoms in total. The Bertz CT molecular complexity index is 2780. The Labute approximate surface area is 279 Å². The minimum absolute atomic E-state index is 0.573. The number of aromatic nitrogens is 1. The monoisotopic (exact) mass is 634 g/mol. The first-order chi connectivity index (χ1) is 23.8. The van der Waals surface area contributed by atoms with Gasteiger partial charge in [0.15, 0.2) is 5.58 Å². The normalized spacial score (nSPS) is 11.8. The van der Waals surface area contributed by atoms with Gasteiger partial charge in [0.1, 0.15) is 22.4 Å². The average Bonchev–Trinajstić information content (AvgIpc) is 3.86. The van der Waals surface area contributed by atoms with Crippen LogP contribution in [-0.4, -0.2) is 4.98 Å². The van der Waals surface area contributed by atoms with E-state index in [1.807, 2.05) is 65.9 Å². The van der Waals surface area contributed by atoms with Crippen LogP contribution >= 0.6 is 11.3 Å². The van der Waals surface area contributed by atoms with Gasteiger partial charge in [0, 0.05) is 48.6 Å². The number of fused-ring (bicyclic) bond motifs is 7. The van der Waals surface area contributed by atoms with Gasteiger partial charge in [-0.05, 0) is 59.7 Å². The van der Waals surface area contributed by atoms with E-state index in [0.717, 1.165) is 50.1 Å². The van der Waals surface area contributed by atoms with Crippen molar-refractivity contribution in [1.82, 2.24) is 4.98 Å². The fourth-order valence-electron chi connectivity index (χ4n) is 6.91. The highest BCUT2D eigenvalue weighted by molar-refractivity contribution is 7.26. The van der Waals surface area contributed by atoms with Crippen LogP contribution in [0.2, 0.25) is 0 Å². The van der Waals surface area contributed by atoms with E-state index in [2.05, 4.69) is 108 Å². The maximum Gasteiger partial charge on any atom is 0.227 e. The Kier molecular flexibility index (Phi) is 6.01. The lowest BCUT2D eigenvalue weighted by Crippen LogP contribution is -2.10. The van der Waals surface area contributed by atoms with E-state index in [0.29, 0.717) is 11.5 Å². The summed E-state index contributed by atoms with van der Waals surface area (Å²) < 4.78 is 15.8. The third-order valence-electron chi connectivity index (χ3n) is 9.10. The summed E-state index contributed by atoms with van der Waals surface area (Å²) in [7, 11) is 0. The number of anilines is 3. The van der Waals surface area contributed by atoms with Gasteiger partial charge in [-0.1, -0.05) is 103 Å². The van der Waals surface area contributed by atoms with Gasteiger partial charge in [-0.2, -0.15) is 0 Å². The predicted molar refractivity (Wildman–Crippen MR) is 200 cm³/mol. The number of hydrogen-bond donors (Lipinski definition) is 0. The van der Waals surface area contributed by atoms with Crippen LogP contribution in [-0.2, 0) is 0 Å². The number of para-hydroxylation sites is 2. The van der Waals surface area contributed by atoms with Crippen LogP contribution in [0.1, 0.15) is 0 Å². The molecule has 0 saturated carbocycles. The quantitative estimate of drug-likeness (QED) is 0.189. The highest BCUT2D eigenvalue weighted by atomic mass is 32.1. The topological polar surface area (TPSA) is 42.4 Å². The summed E-state index contributed by atoms with van der Waals surface area (Å²) in [6.45, 7) is 0. The molecule has 0 spiro atoms. The minimum atomic E-state index is 0.573. The van der Waals surface area contributed by atoms with Gasteiger partial charge in [-0.3, -0.25) is 0 Å². The first kappa shape index (κ1) is 27.0. The van der Waals surface area contributed by atoms with Crippen LogP contribution in [0.4, 0.5) is 17.1 Å². The maximum atomic E-state index is 6.71. The van der Waals surface area contributed by atoms with E-state index in [1.165, 1.54) is 31.3 Å². The first-order valence-corrected chi connectivity index (χ1v) is 16.8. The largest absolute Gasteiger partial charge is 0.456 e. The van der Waals surface area contributed by atoms with Crippen LogP contribution in [0.3, 0.4) is 0 Å². The molecule has 10 aromatic rings. The van der Waals surface area contributed by atoms with Crippen LogP contribution < -0.4 is 4.90 Å². The number of thiophene rings is 1. The second-order valence-corrected chi connectivity index (χ2v) is 13.0. The molecular formula is C43H26N2O2S. The van der Waals surface area contributed by atoms with E-state index in [9.17, 15) is 0 Å². The maximum absolute atomic E-state index is 6.71. The zero-order valence-corrected chi connectivity index (χ0v) is 26.4. The second kappa shape index (κ2) is 10.7. The zero-order valence-electron chi connectivity index (χ0n) is 25.6. The van der Waals surface area contributed by atoms with Gasteiger partial charge in [-0.15, -0.1) is 11.3 Å². The van der Waals surface area contributed by atoms with Crippen molar-refractivity contribution in [3.05, 3.63) is 158 Å². The Hall–Kier alpha value is -6.17. The van der Waals surface area contributed by atoms with Gasteiger partial charge >= 0.3 is 0 Å². The van der Waals surface area contributed by atoms with E-state index in [1.54, 1.807) is 0 Å². The standard InChI is InChI=1S/C43H26N2O2S/c1-3-12-28(13-4-1)43-44-35-26-37-39(34-17-7-9-20-36(34)46-37)40(41(35)47-43)45(29-14-5-2-6-15-29)30-24-22-27(23-25-30)31-18-11-19-33-32-16-8-10-21-38(32)48-42(31)33/h1-26H. The van der Waals surface area contributed by atoms with Gasteiger partial charge in [-0.25, -0.2) is 4.98 Å². The molecule has 5 heteroatoms. The second-order valence-electron chi connectivity index (χ2n) is 11.9. The molecule has 48 heavy (non-hydrogen) atoms. The van der Waals surface area contributed by atoms with Crippen molar-refractivity contribution in [3.63, 3.8) is 0 Å². The molecule has 10 rings (SSSR count). The summed E-state index contributed by atoms with van der Waals surface area (Å²) in [4.78, 5) is 7.26. The van der Waals surface area contributed by atoms with E-state index in [-0.39, 0.29) is 0 Å². The number of oxazole rings is 1. The third-order valence-corrected chi connectivity index (χ3v) is 10.3. The Morgan fingerprint density at radius 2 is 1.21 bits per heavy atom. The lowest BCUT2D eigenvalue weighted by atomic mass is 10.0. The van der Waals surface area contributed by atoms with Crippen molar-refractivity contribution < 1.29 is 8.83 Å². The Morgan fingerprint density at radius 3 is 2.04 bits per heavy atom. The summed E-state index contributed by atoms with van der Waals surface area (Å²) in [5.74, 6) is 0.573. The minimum Gasteiger partial charge on any atom is -0.456 e. The van der Waals surface area contributed by atoms with Crippen molar-refractivity contribution in [2.75, 3.05) is 4.90 Å². The van der Waals surface area contributed by atoms with Gasteiger partial charge in [0.25, 0.3) is 0 Å². The number of nitrogens with zero attached hydrogens (tertiary/aromatic N) is 2. The number of hydrogen-bond acceptors (Lipinski definition) is 5. The highest BCUT2D eigenvalue weighted by Crippen LogP contribution is 2.48. The summed E-state index contributed by atoms with van der Waals surface area (Å²) >= 11 is 1.85. The Morgan fingerprint density at radius 1 is 0.521 bits per heavy atom. The molecule has 0 aliphatic carbocycles. The molecule has 3 aromatic heterocycles. The van der Waals surface area contributed by atoms with E-state index >= 15 is 0 Å². The van der Waals surface area contributed by atoms with Crippen molar-refractivity contribution in [2.45, 2.75) is 0 Å². The molecule has 0 atom stereocenters. The van der Waals surface area contributed by atoms with Crippen LogP contribution in [0.25, 0.3) is 75.8 Å². The lowest BCUT2D eigenvalue weighted by molar-refractivity contribution is 0.620. The molecule has 0 N–H and O–H groups in total. The molecule has 0 radical (unpaired) electrons. The molecule has 7 aromatic carbocycles. The van der Waals surface area contributed by atoms with Crippen molar-refractivity contribution in [1.29, 1.82) is 0 Å². The molecule has 0 fully saturated rings. The number of furan rings is 1. The molecule has 0 aliphatic rings. The molecule has 0 bridgehead atoms. The zero-order chi connectivity index (χ0) is 31.6. The molecule has 3 heterocycles. The van der Waals surface area contributed by atoms with Gasteiger partial charge in [0.05, 0.1) is 5.39 Å². The molecule has 226 valence electrons. The molecule has 0 unspecified atom stereocenters. The SMILES string of the molecule is c1ccc(-c2nc3cc4oc5ccccc5c4c(N(c4ccccc4)c4ccc(-c5cccc6c5sc5ccccc56)cc4)c3o2)cc1. The summed E-state index contributed by atoms with van der Waals surface area (Å²) in [5.41, 5.74) is 9.27. The van der Waals surface area contributed by atoms with Crippen molar-refractivity contribution >= 4 is 81.6 Å². The number of benzene rings is 7. The van der Waals surface area contributed by atoms with E-state index < -0.39 is 0 Å². The molecule has 0 aliphatic heterocycles.